The first-order valence-corrected chi connectivity index (χ1v) is 8.10. The van der Waals surface area contributed by atoms with E-state index in [9.17, 15) is 14.0 Å². The van der Waals surface area contributed by atoms with Crippen LogP contribution in [0.3, 0.4) is 0 Å². The Kier molecular flexibility index (Phi) is 4.29. The van der Waals surface area contributed by atoms with E-state index < -0.39 is 0 Å². The number of aromatic nitrogens is 2. The first-order chi connectivity index (χ1) is 13.1. The van der Waals surface area contributed by atoms with E-state index in [1.165, 1.54) is 41.2 Å². The van der Waals surface area contributed by atoms with Crippen molar-refractivity contribution in [1.29, 1.82) is 0 Å². The second kappa shape index (κ2) is 6.91. The number of nitrogens with zero attached hydrogens (tertiary/aromatic N) is 2. The Morgan fingerprint density at radius 3 is 2.67 bits per heavy atom. The molecular formula is C19H14FN3O4. The quantitative estimate of drug-likeness (QED) is 0.766. The molecule has 0 saturated heterocycles. The minimum atomic E-state index is -0.384. The lowest BCUT2D eigenvalue weighted by atomic mass is 10.1. The Morgan fingerprint density at radius 2 is 1.89 bits per heavy atom. The molecule has 1 N–H and O–H groups in total. The van der Waals surface area contributed by atoms with E-state index in [1.807, 2.05) is 0 Å². The van der Waals surface area contributed by atoms with Gasteiger partial charge in [-0.05, 0) is 36.4 Å². The monoisotopic (exact) mass is 367 g/mol. The van der Waals surface area contributed by atoms with Crippen molar-refractivity contribution in [3.05, 3.63) is 71.0 Å². The first-order valence-electron chi connectivity index (χ1n) is 8.10. The predicted octanol–water partition coefficient (Wildman–Crippen LogP) is 2.42. The number of carbonyl (C=O) groups is 1. The van der Waals surface area contributed by atoms with Crippen LogP contribution in [0.5, 0.6) is 11.5 Å². The zero-order valence-corrected chi connectivity index (χ0v) is 14.0. The van der Waals surface area contributed by atoms with Gasteiger partial charge in [0, 0.05) is 23.4 Å². The molecule has 3 aromatic rings. The van der Waals surface area contributed by atoms with Gasteiger partial charge in [-0.2, -0.15) is 0 Å². The molecule has 27 heavy (non-hydrogen) atoms. The Hall–Kier alpha value is -3.68. The van der Waals surface area contributed by atoms with Gasteiger partial charge in [0.1, 0.15) is 12.4 Å². The van der Waals surface area contributed by atoms with Crippen molar-refractivity contribution in [2.24, 2.45) is 0 Å². The topological polar surface area (TPSA) is 82.5 Å². The van der Waals surface area contributed by atoms with Gasteiger partial charge < -0.3 is 14.8 Å². The average Bonchev–Trinajstić information content (AvgIpc) is 3.12. The van der Waals surface area contributed by atoms with Crippen LogP contribution in [0.25, 0.3) is 11.3 Å². The smallest absolute Gasteiger partial charge is 0.254 e. The molecule has 0 spiro atoms. The molecule has 2 heterocycles. The van der Waals surface area contributed by atoms with E-state index in [4.69, 9.17) is 9.47 Å². The maximum absolute atomic E-state index is 13.0. The molecule has 2 aromatic carbocycles. The maximum Gasteiger partial charge on any atom is 0.254 e. The highest BCUT2D eigenvalue weighted by atomic mass is 19.1. The van der Waals surface area contributed by atoms with Crippen molar-refractivity contribution in [3.63, 3.8) is 0 Å². The molecule has 0 aliphatic carbocycles. The van der Waals surface area contributed by atoms with Gasteiger partial charge in [-0.15, -0.1) is 0 Å². The van der Waals surface area contributed by atoms with Crippen LogP contribution in [0.4, 0.5) is 10.1 Å². The van der Waals surface area contributed by atoms with Gasteiger partial charge in [-0.25, -0.2) is 9.37 Å². The molecule has 0 radical (unpaired) electrons. The van der Waals surface area contributed by atoms with E-state index in [1.54, 1.807) is 18.2 Å². The van der Waals surface area contributed by atoms with Gasteiger partial charge in [0.05, 0.1) is 12.0 Å². The highest BCUT2D eigenvalue weighted by Crippen LogP contribution is 2.34. The van der Waals surface area contributed by atoms with Crippen LogP contribution in [0, 0.1) is 5.82 Å². The molecule has 4 rings (SSSR count). The molecule has 0 bridgehead atoms. The van der Waals surface area contributed by atoms with E-state index in [0.717, 1.165) is 0 Å². The summed E-state index contributed by atoms with van der Waals surface area (Å²) in [5.41, 5.74) is 1.18. The second-order valence-electron chi connectivity index (χ2n) is 5.86. The van der Waals surface area contributed by atoms with E-state index >= 15 is 0 Å². The third-order valence-electron chi connectivity index (χ3n) is 3.99. The number of carbonyl (C=O) groups excluding carboxylic acids is 1. The summed E-state index contributed by atoms with van der Waals surface area (Å²) in [6.07, 6.45) is 1.29. The second-order valence-corrected chi connectivity index (χ2v) is 5.86. The summed E-state index contributed by atoms with van der Waals surface area (Å²) in [6.45, 7) is -0.0435. The van der Waals surface area contributed by atoms with Gasteiger partial charge in [0.15, 0.2) is 11.5 Å². The fourth-order valence-electron chi connectivity index (χ4n) is 2.65. The Bertz CT molecular complexity index is 1060. The SMILES string of the molecule is O=C(Cn1cnc(-c2ccc(F)cc2)cc1=O)Nc1ccc2c(c1)OCO2. The molecule has 0 fully saturated rings. The van der Waals surface area contributed by atoms with E-state index in [2.05, 4.69) is 10.3 Å². The number of anilines is 1. The van der Waals surface area contributed by atoms with Crippen LogP contribution in [0.1, 0.15) is 0 Å². The molecular weight excluding hydrogens is 353 g/mol. The van der Waals surface area contributed by atoms with Crippen LogP contribution in [-0.2, 0) is 11.3 Å². The molecule has 7 nitrogen and oxygen atoms in total. The van der Waals surface area contributed by atoms with Gasteiger partial charge in [0.2, 0.25) is 12.7 Å². The summed E-state index contributed by atoms with van der Waals surface area (Å²) < 4.78 is 24.7. The summed E-state index contributed by atoms with van der Waals surface area (Å²) in [5, 5.41) is 2.70. The molecule has 0 unspecified atom stereocenters. The largest absolute Gasteiger partial charge is 0.454 e. The van der Waals surface area contributed by atoms with Crippen LogP contribution in [0.2, 0.25) is 0 Å². The normalized spacial score (nSPS) is 12.0. The highest BCUT2D eigenvalue weighted by molar-refractivity contribution is 5.91. The third-order valence-corrected chi connectivity index (χ3v) is 3.99. The van der Waals surface area contributed by atoms with Crippen molar-refractivity contribution in [1.82, 2.24) is 9.55 Å². The molecule has 8 heteroatoms. The Balaban J connectivity index is 1.46. The maximum atomic E-state index is 13.0. The van der Waals surface area contributed by atoms with Crippen molar-refractivity contribution in [2.75, 3.05) is 12.1 Å². The Morgan fingerprint density at radius 1 is 1.11 bits per heavy atom. The van der Waals surface area contributed by atoms with Gasteiger partial charge >= 0.3 is 0 Å². The minimum absolute atomic E-state index is 0.147. The van der Waals surface area contributed by atoms with Crippen molar-refractivity contribution >= 4 is 11.6 Å². The average molecular weight is 367 g/mol. The summed E-state index contributed by atoms with van der Waals surface area (Å²) in [7, 11) is 0. The third kappa shape index (κ3) is 3.64. The first kappa shape index (κ1) is 16.8. The number of fused-ring (bicyclic) bond motifs is 1. The highest BCUT2D eigenvalue weighted by Gasteiger charge is 2.14. The fourth-order valence-corrected chi connectivity index (χ4v) is 2.65. The number of nitrogens with one attached hydrogen (secondary N) is 1. The van der Waals surface area contributed by atoms with Crippen molar-refractivity contribution < 1.29 is 18.7 Å². The number of rotatable bonds is 4. The number of hydrogen-bond donors (Lipinski definition) is 1. The van der Waals surface area contributed by atoms with Crippen LogP contribution >= 0.6 is 0 Å². The molecule has 1 aliphatic rings. The number of hydrogen-bond acceptors (Lipinski definition) is 5. The molecule has 0 saturated carbocycles. The van der Waals surface area contributed by atoms with Crippen LogP contribution in [-0.4, -0.2) is 22.3 Å². The zero-order valence-electron chi connectivity index (χ0n) is 14.0. The fraction of sp³-hybridized carbons (Fsp3) is 0.105. The predicted molar refractivity (Wildman–Crippen MR) is 95.1 cm³/mol. The summed E-state index contributed by atoms with van der Waals surface area (Å²) in [5.74, 6) is 0.416. The lowest BCUT2D eigenvalue weighted by molar-refractivity contribution is -0.116. The van der Waals surface area contributed by atoms with Gasteiger partial charge in [-0.1, -0.05) is 0 Å². The lowest BCUT2D eigenvalue weighted by Gasteiger charge is -2.08. The lowest BCUT2D eigenvalue weighted by Crippen LogP contribution is -2.27. The molecule has 1 aliphatic heterocycles. The number of amides is 1. The number of halogens is 1. The molecule has 1 aromatic heterocycles. The summed E-state index contributed by atoms with van der Waals surface area (Å²) in [4.78, 5) is 28.6. The molecule has 0 atom stereocenters. The zero-order chi connectivity index (χ0) is 18.8. The van der Waals surface area contributed by atoms with E-state index in [0.29, 0.717) is 28.4 Å². The van der Waals surface area contributed by atoms with Gasteiger partial charge in [-0.3, -0.25) is 14.2 Å². The molecule has 136 valence electrons. The standard InChI is InChI=1S/C19H14FN3O4/c20-13-3-1-12(2-4-13)15-8-19(25)23(10-21-15)9-18(24)22-14-5-6-16-17(7-14)27-11-26-16/h1-8,10H,9,11H2,(H,22,24). The number of benzene rings is 2. The summed E-state index contributed by atoms with van der Waals surface area (Å²) >= 11 is 0. The van der Waals surface area contributed by atoms with Crippen molar-refractivity contribution in [2.45, 2.75) is 6.54 Å². The number of ether oxygens (including phenoxy) is 2. The van der Waals surface area contributed by atoms with Crippen LogP contribution in [0.15, 0.2) is 59.7 Å². The minimum Gasteiger partial charge on any atom is -0.454 e. The van der Waals surface area contributed by atoms with Crippen LogP contribution < -0.4 is 20.3 Å². The Labute approximate surface area is 153 Å². The van der Waals surface area contributed by atoms with E-state index in [-0.39, 0.29) is 30.6 Å². The van der Waals surface area contributed by atoms with Crippen molar-refractivity contribution in [3.8, 4) is 22.8 Å². The molecule has 1 amide bonds. The summed E-state index contributed by atoms with van der Waals surface area (Å²) in [6, 6.07) is 12.0. The van der Waals surface area contributed by atoms with Gasteiger partial charge in [0.25, 0.3) is 5.56 Å².